The highest BCUT2D eigenvalue weighted by atomic mass is 35.5. The van der Waals surface area contributed by atoms with Crippen LogP contribution >= 0.6 is 23.4 Å². The zero-order chi connectivity index (χ0) is 15.4. The number of halogens is 1. The largest absolute Gasteiger partial charge is 0.337 e. The van der Waals surface area contributed by atoms with Gasteiger partial charge in [-0.1, -0.05) is 48.0 Å². The summed E-state index contributed by atoms with van der Waals surface area (Å²) in [5.74, 6) is 1.56. The van der Waals surface area contributed by atoms with Crippen molar-refractivity contribution in [3.05, 3.63) is 70.2 Å². The van der Waals surface area contributed by atoms with E-state index < -0.39 is 0 Å². The molecule has 2 aromatic carbocycles. The Labute approximate surface area is 140 Å². The fourth-order valence-corrected chi connectivity index (χ4v) is 3.77. The van der Waals surface area contributed by atoms with Gasteiger partial charge in [0.05, 0.1) is 5.75 Å². The molecule has 0 saturated heterocycles. The highest BCUT2D eigenvalue weighted by molar-refractivity contribution is 7.99. The Bertz CT molecular complexity index is 674. The number of hydrogen-bond donors (Lipinski definition) is 0. The van der Waals surface area contributed by atoms with Gasteiger partial charge in [-0.15, -0.1) is 11.8 Å². The molecule has 0 fully saturated rings. The van der Waals surface area contributed by atoms with Crippen molar-refractivity contribution in [3.8, 4) is 0 Å². The van der Waals surface area contributed by atoms with Crippen molar-refractivity contribution < 1.29 is 4.79 Å². The van der Waals surface area contributed by atoms with Gasteiger partial charge in [0.2, 0.25) is 5.91 Å². The van der Waals surface area contributed by atoms with E-state index in [0.29, 0.717) is 5.75 Å². The van der Waals surface area contributed by atoms with Crippen LogP contribution in [-0.2, 0) is 23.5 Å². The third kappa shape index (κ3) is 3.84. The summed E-state index contributed by atoms with van der Waals surface area (Å²) in [6.45, 7) is 1.57. The molecule has 0 unspecified atom stereocenters. The molecular weight excluding hydrogens is 314 g/mol. The van der Waals surface area contributed by atoms with Crippen LogP contribution in [0.3, 0.4) is 0 Å². The van der Waals surface area contributed by atoms with E-state index in [0.717, 1.165) is 35.8 Å². The predicted octanol–water partition coefficient (Wildman–Crippen LogP) is 4.16. The van der Waals surface area contributed by atoms with Crippen molar-refractivity contribution >= 4 is 29.3 Å². The van der Waals surface area contributed by atoms with Crippen LogP contribution in [0.4, 0.5) is 0 Å². The van der Waals surface area contributed by atoms with Crippen molar-refractivity contribution in [2.75, 3.05) is 12.3 Å². The maximum absolute atomic E-state index is 12.3. The van der Waals surface area contributed by atoms with E-state index in [4.69, 9.17) is 11.6 Å². The van der Waals surface area contributed by atoms with Crippen LogP contribution < -0.4 is 0 Å². The number of amides is 1. The summed E-state index contributed by atoms with van der Waals surface area (Å²) in [4.78, 5) is 14.3. The van der Waals surface area contributed by atoms with Crippen LogP contribution in [0.25, 0.3) is 0 Å². The Kier molecular flexibility index (Phi) is 5.06. The van der Waals surface area contributed by atoms with Crippen molar-refractivity contribution in [2.45, 2.75) is 18.7 Å². The zero-order valence-electron chi connectivity index (χ0n) is 12.3. The first-order valence-electron chi connectivity index (χ1n) is 7.39. The second-order valence-corrected chi connectivity index (χ2v) is 6.88. The maximum Gasteiger partial charge on any atom is 0.232 e. The predicted molar refractivity (Wildman–Crippen MR) is 93.2 cm³/mol. The average molecular weight is 332 g/mol. The van der Waals surface area contributed by atoms with Gasteiger partial charge in [0, 0.05) is 23.9 Å². The van der Waals surface area contributed by atoms with Crippen LogP contribution in [-0.4, -0.2) is 23.1 Å². The molecule has 114 valence electrons. The molecule has 0 bridgehead atoms. The van der Waals surface area contributed by atoms with Gasteiger partial charge >= 0.3 is 0 Å². The highest BCUT2D eigenvalue weighted by Crippen LogP contribution is 2.21. The molecular formula is C18H18ClNOS. The lowest BCUT2D eigenvalue weighted by molar-refractivity contribution is -0.129. The first kappa shape index (κ1) is 15.4. The minimum Gasteiger partial charge on any atom is -0.337 e. The minimum absolute atomic E-state index is 0.224. The minimum atomic E-state index is 0.224. The third-order valence-electron chi connectivity index (χ3n) is 3.87. The second-order valence-electron chi connectivity index (χ2n) is 5.46. The molecule has 1 heterocycles. The Morgan fingerprint density at radius 2 is 1.95 bits per heavy atom. The smallest absolute Gasteiger partial charge is 0.232 e. The topological polar surface area (TPSA) is 20.3 Å². The van der Waals surface area contributed by atoms with Crippen molar-refractivity contribution in [2.24, 2.45) is 0 Å². The molecule has 1 aliphatic rings. The molecule has 1 aliphatic heterocycles. The number of nitrogens with zero attached hydrogens (tertiary/aromatic N) is 1. The summed E-state index contributed by atoms with van der Waals surface area (Å²) >= 11 is 7.62. The maximum atomic E-state index is 12.3. The molecule has 22 heavy (non-hydrogen) atoms. The van der Waals surface area contributed by atoms with Crippen molar-refractivity contribution in [1.29, 1.82) is 0 Å². The summed E-state index contributed by atoms with van der Waals surface area (Å²) in [6, 6.07) is 16.2. The van der Waals surface area contributed by atoms with Crippen LogP contribution in [0.2, 0.25) is 5.02 Å². The number of hydrogen-bond acceptors (Lipinski definition) is 2. The summed E-state index contributed by atoms with van der Waals surface area (Å²) in [5.41, 5.74) is 3.81. The second kappa shape index (κ2) is 7.21. The number of thioether (sulfide) groups is 1. The summed E-state index contributed by atoms with van der Waals surface area (Å²) in [6.07, 6.45) is 0.959. The number of rotatable bonds is 4. The normalized spacial score (nSPS) is 13.8. The van der Waals surface area contributed by atoms with E-state index in [9.17, 15) is 4.79 Å². The highest BCUT2D eigenvalue weighted by Gasteiger charge is 2.19. The van der Waals surface area contributed by atoms with Crippen molar-refractivity contribution in [3.63, 3.8) is 0 Å². The van der Waals surface area contributed by atoms with Crippen LogP contribution in [0, 0.1) is 0 Å². The van der Waals surface area contributed by atoms with Gasteiger partial charge in [0.25, 0.3) is 0 Å². The molecule has 0 N–H and O–H groups in total. The van der Waals surface area contributed by atoms with Gasteiger partial charge in [-0.05, 0) is 35.2 Å². The van der Waals surface area contributed by atoms with Crippen molar-refractivity contribution in [1.82, 2.24) is 4.90 Å². The Hall–Kier alpha value is -1.45. The lowest BCUT2D eigenvalue weighted by Gasteiger charge is -2.28. The van der Waals surface area contributed by atoms with Crippen LogP contribution in [0.1, 0.15) is 16.7 Å². The zero-order valence-corrected chi connectivity index (χ0v) is 13.9. The van der Waals surface area contributed by atoms with Gasteiger partial charge in [-0.2, -0.15) is 0 Å². The number of fused-ring (bicyclic) bond motifs is 1. The molecule has 0 radical (unpaired) electrons. The lowest BCUT2D eigenvalue weighted by Crippen LogP contribution is -2.37. The Morgan fingerprint density at radius 3 is 2.77 bits per heavy atom. The van der Waals surface area contributed by atoms with Gasteiger partial charge < -0.3 is 4.90 Å². The Balaban J connectivity index is 1.51. The van der Waals surface area contributed by atoms with E-state index in [2.05, 4.69) is 18.2 Å². The van der Waals surface area contributed by atoms with E-state index in [1.54, 1.807) is 11.8 Å². The summed E-state index contributed by atoms with van der Waals surface area (Å²) in [5, 5.41) is 0.747. The molecule has 3 rings (SSSR count). The number of carbonyl (C=O) groups is 1. The molecule has 4 heteroatoms. The van der Waals surface area contributed by atoms with E-state index in [1.165, 1.54) is 11.1 Å². The van der Waals surface area contributed by atoms with Gasteiger partial charge in [0.15, 0.2) is 0 Å². The van der Waals surface area contributed by atoms with Crippen LogP contribution in [0.5, 0.6) is 0 Å². The number of carbonyl (C=O) groups excluding carboxylic acids is 1. The SMILES string of the molecule is O=C(CSCc1cccc(Cl)c1)N1CCc2ccccc2C1. The summed E-state index contributed by atoms with van der Waals surface area (Å²) in [7, 11) is 0. The molecule has 2 nitrogen and oxygen atoms in total. The third-order valence-corrected chi connectivity index (χ3v) is 5.09. The molecule has 0 aliphatic carbocycles. The first-order chi connectivity index (χ1) is 10.7. The van der Waals surface area contributed by atoms with Gasteiger partial charge in [0.1, 0.15) is 0 Å². The number of benzene rings is 2. The summed E-state index contributed by atoms with van der Waals surface area (Å²) < 4.78 is 0. The monoisotopic (exact) mass is 331 g/mol. The fourth-order valence-electron chi connectivity index (χ4n) is 2.68. The molecule has 0 saturated carbocycles. The standard InChI is InChI=1S/C18H18ClNOS/c19-17-7-3-4-14(10-17)12-22-13-18(21)20-9-8-15-5-1-2-6-16(15)11-20/h1-7,10H,8-9,11-13H2. The van der Waals surface area contributed by atoms with Crippen LogP contribution in [0.15, 0.2) is 48.5 Å². The average Bonchev–Trinajstić information content (AvgIpc) is 2.54. The van der Waals surface area contributed by atoms with Gasteiger partial charge in [-0.3, -0.25) is 4.79 Å². The molecule has 0 aromatic heterocycles. The molecule has 2 aromatic rings. The first-order valence-corrected chi connectivity index (χ1v) is 8.92. The Morgan fingerprint density at radius 1 is 1.14 bits per heavy atom. The van der Waals surface area contributed by atoms with E-state index in [1.807, 2.05) is 35.2 Å². The molecule has 0 atom stereocenters. The quantitative estimate of drug-likeness (QED) is 0.838. The van der Waals surface area contributed by atoms with Gasteiger partial charge in [-0.25, -0.2) is 0 Å². The lowest BCUT2D eigenvalue weighted by atomic mass is 10.00. The van der Waals surface area contributed by atoms with E-state index >= 15 is 0 Å². The fraction of sp³-hybridized carbons (Fsp3) is 0.278. The van der Waals surface area contributed by atoms with E-state index in [-0.39, 0.29) is 5.91 Å². The molecule has 1 amide bonds. The molecule has 0 spiro atoms.